The first kappa shape index (κ1) is 25.4. The molecule has 2 heterocycles. The molecule has 0 unspecified atom stereocenters. The molecule has 1 aliphatic rings. The molecule has 1 aliphatic heterocycles. The summed E-state index contributed by atoms with van der Waals surface area (Å²) in [5, 5.41) is 2.34. The van der Waals surface area contributed by atoms with E-state index in [0.29, 0.717) is 13.2 Å². The van der Waals surface area contributed by atoms with Crippen molar-refractivity contribution in [2.24, 2.45) is 4.99 Å². The minimum absolute atomic E-state index is 0.226. The molecule has 0 spiro atoms. The monoisotopic (exact) mass is 529 g/mol. The molecule has 0 saturated carbocycles. The molecular formula is C34H31N3O3. The molecule has 5 aromatic rings. The molecule has 0 bridgehead atoms. The number of carbonyl (C=O) groups excluding carboxylic acids is 1. The summed E-state index contributed by atoms with van der Waals surface area (Å²) >= 11 is 0. The number of carbonyl (C=O) groups is 1. The van der Waals surface area contributed by atoms with Gasteiger partial charge in [0.15, 0.2) is 5.76 Å². The number of aryl methyl sites for hydroxylation is 2. The van der Waals surface area contributed by atoms with Crippen molar-refractivity contribution in [2.75, 3.05) is 6.61 Å². The van der Waals surface area contributed by atoms with Gasteiger partial charge in [-0.3, -0.25) is 9.69 Å². The van der Waals surface area contributed by atoms with Crippen LogP contribution in [0.3, 0.4) is 0 Å². The summed E-state index contributed by atoms with van der Waals surface area (Å²) in [4.78, 5) is 20.0. The highest BCUT2D eigenvalue weighted by molar-refractivity contribution is 6.12. The molecule has 1 aromatic heterocycles. The molecule has 1 fully saturated rings. The van der Waals surface area contributed by atoms with Gasteiger partial charge in [-0.1, -0.05) is 54.1 Å². The molecule has 6 heteroatoms. The zero-order valence-electron chi connectivity index (χ0n) is 22.9. The third-order valence-corrected chi connectivity index (χ3v) is 7.13. The number of aromatic nitrogens is 1. The quantitative estimate of drug-likeness (QED) is 0.204. The third kappa shape index (κ3) is 4.84. The Hall–Kier alpha value is -4.84. The van der Waals surface area contributed by atoms with Crippen molar-refractivity contribution in [3.8, 4) is 5.75 Å². The van der Waals surface area contributed by atoms with E-state index in [1.165, 1.54) is 16.4 Å². The Morgan fingerprint density at radius 3 is 2.38 bits per heavy atom. The van der Waals surface area contributed by atoms with Crippen LogP contribution >= 0.6 is 0 Å². The fourth-order valence-corrected chi connectivity index (χ4v) is 5.15. The summed E-state index contributed by atoms with van der Waals surface area (Å²) in [5.41, 5.74) is 6.08. The number of aliphatic imine (C=N–C) groups is 1. The van der Waals surface area contributed by atoms with Crippen LogP contribution in [0.1, 0.15) is 30.5 Å². The van der Waals surface area contributed by atoms with Crippen molar-refractivity contribution in [1.29, 1.82) is 0 Å². The summed E-state index contributed by atoms with van der Waals surface area (Å²) < 4.78 is 14.0. The second-order valence-electron chi connectivity index (χ2n) is 9.85. The number of ether oxygens (including phenoxy) is 2. The number of rotatable bonds is 7. The lowest BCUT2D eigenvalue weighted by Crippen LogP contribution is -2.29. The Morgan fingerprint density at radius 2 is 1.62 bits per heavy atom. The van der Waals surface area contributed by atoms with Gasteiger partial charge >= 0.3 is 6.02 Å². The Bertz CT molecular complexity index is 1760. The first-order valence-corrected chi connectivity index (χ1v) is 13.6. The lowest BCUT2D eigenvalue weighted by atomic mass is 10.1. The van der Waals surface area contributed by atoms with Crippen LogP contribution in [0.5, 0.6) is 5.75 Å². The minimum Gasteiger partial charge on any atom is -0.494 e. The van der Waals surface area contributed by atoms with Crippen LogP contribution in [0.15, 0.2) is 102 Å². The van der Waals surface area contributed by atoms with Gasteiger partial charge in [-0.2, -0.15) is 4.99 Å². The molecule has 6 nitrogen and oxygen atoms in total. The fourth-order valence-electron chi connectivity index (χ4n) is 5.15. The van der Waals surface area contributed by atoms with Crippen molar-refractivity contribution in [2.45, 2.75) is 33.9 Å². The molecule has 1 saturated heterocycles. The van der Waals surface area contributed by atoms with E-state index in [4.69, 9.17) is 14.5 Å². The van der Waals surface area contributed by atoms with Crippen molar-refractivity contribution in [3.63, 3.8) is 0 Å². The van der Waals surface area contributed by atoms with E-state index in [0.717, 1.165) is 40.1 Å². The average Bonchev–Trinajstić information content (AvgIpc) is 3.44. The van der Waals surface area contributed by atoms with Crippen LogP contribution in [0.2, 0.25) is 0 Å². The van der Waals surface area contributed by atoms with Gasteiger partial charge in [0, 0.05) is 28.4 Å². The van der Waals surface area contributed by atoms with Crippen LogP contribution in [0, 0.1) is 6.92 Å². The Labute approximate surface area is 233 Å². The van der Waals surface area contributed by atoms with E-state index in [1.54, 1.807) is 4.90 Å². The van der Waals surface area contributed by atoms with Crippen molar-refractivity contribution in [1.82, 2.24) is 9.47 Å². The van der Waals surface area contributed by atoms with Crippen LogP contribution in [0.4, 0.5) is 5.69 Å². The Kier molecular flexibility index (Phi) is 6.83. The molecule has 6 rings (SSSR count). The summed E-state index contributed by atoms with van der Waals surface area (Å²) in [6.07, 6.45) is 1.81. The number of amides is 1. The predicted molar refractivity (Wildman–Crippen MR) is 161 cm³/mol. The van der Waals surface area contributed by atoms with Gasteiger partial charge in [0.05, 0.1) is 18.8 Å². The van der Waals surface area contributed by atoms with E-state index >= 15 is 0 Å². The fraction of sp³-hybridized carbons (Fsp3) is 0.176. The Balaban J connectivity index is 1.37. The van der Waals surface area contributed by atoms with Crippen LogP contribution in [-0.2, 0) is 22.6 Å². The summed E-state index contributed by atoms with van der Waals surface area (Å²) in [7, 11) is 0. The third-order valence-electron chi connectivity index (χ3n) is 7.13. The maximum absolute atomic E-state index is 13.7. The van der Waals surface area contributed by atoms with E-state index in [9.17, 15) is 4.79 Å². The molecule has 1 amide bonds. The van der Waals surface area contributed by atoms with Gasteiger partial charge in [0.25, 0.3) is 5.91 Å². The van der Waals surface area contributed by atoms with Crippen LogP contribution in [0.25, 0.3) is 27.9 Å². The number of para-hydroxylation sites is 1. The molecule has 0 radical (unpaired) electrons. The second kappa shape index (κ2) is 10.7. The highest BCUT2D eigenvalue weighted by atomic mass is 16.5. The zero-order valence-corrected chi connectivity index (χ0v) is 22.9. The predicted octanol–water partition coefficient (Wildman–Crippen LogP) is 7.61. The number of amidine groups is 1. The second-order valence-corrected chi connectivity index (χ2v) is 9.85. The summed E-state index contributed by atoms with van der Waals surface area (Å²) in [6, 6.07) is 30.5. The molecule has 40 heavy (non-hydrogen) atoms. The number of hydrogen-bond acceptors (Lipinski definition) is 4. The average molecular weight is 530 g/mol. The Morgan fingerprint density at radius 1 is 0.875 bits per heavy atom. The largest absolute Gasteiger partial charge is 0.494 e. The van der Waals surface area contributed by atoms with Gasteiger partial charge in [-0.15, -0.1) is 0 Å². The highest BCUT2D eigenvalue weighted by Gasteiger charge is 2.35. The van der Waals surface area contributed by atoms with Gasteiger partial charge in [-0.05, 0) is 80.4 Å². The van der Waals surface area contributed by atoms with Gasteiger partial charge in [-0.25, -0.2) is 0 Å². The van der Waals surface area contributed by atoms with E-state index in [1.807, 2.05) is 74.5 Å². The first-order valence-electron chi connectivity index (χ1n) is 13.6. The summed E-state index contributed by atoms with van der Waals surface area (Å²) in [6.45, 7) is 7.95. The number of benzene rings is 4. The van der Waals surface area contributed by atoms with Crippen molar-refractivity contribution < 1.29 is 14.3 Å². The standard InChI is InChI=1S/C34H31N3O3/c1-4-36-30-9-7-6-8-28(30)29-20-25(14-19-31(29)36)21-32-33(38)37(22-24-12-17-27(18-13-24)39-5-2)34(40-32)35-26-15-10-23(3)11-16-26/h6-21H,4-5,22H2,1-3H3/b32-21+,35-34?. The van der Waals surface area contributed by atoms with E-state index in [-0.39, 0.29) is 17.7 Å². The smallest absolute Gasteiger partial charge is 0.305 e. The lowest BCUT2D eigenvalue weighted by Gasteiger charge is -2.14. The maximum atomic E-state index is 13.7. The number of hydrogen-bond donors (Lipinski definition) is 0. The first-order chi connectivity index (χ1) is 19.5. The molecule has 4 aromatic carbocycles. The maximum Gasteiger partial charge on any atom is 0.305 e. The topological polar surface area (TPSA) is 56.1 Å². The van der Waals surface area contributed by atoms with Crippen molar-refractivity contribution in [3.05, 3.63) is 113 Å². The van der Waals surface area contributed by atoms with Crippen molar-refractivity contribution >= 4 is 45.5 Å². The molecule has 0 N–H and O–H groups in total. The minimum atomic E-state index is -0.226. The van der Waals surface area contributed by atoms with Gasteiger partial charge < -0.3 is 14.0 Å². The normalized spacial score (nSPS) is 15.5. The summed E-state index contributed by atoms with van der Waals surface area (Å²) in [5.74, 6) is 0.815. The number of fused-ring (bicyclic) bond motifs is 3. The SMILES string of the molecule is CCOc1ccc(CN2C(=O)/C(=C\c3ccc4c(c3)c3ccccc3n4CC)OC2=Nc2ccc(C)cc2)cc1. The molecule has 0 atom stereocenters. The van der Waals surface area contributed by atoms with E-state index < -0.39 is 0 Å². The van der Waals surface area contributed by atoms with Gasteiger partial charge in [0.2, 0.25) is 0 Å². The molecule has 0 aliphatic carbocycles. The van der Waals surface area contributed by atoms with Crippen LogP contribution < -0.4 is 4.74 Å². The lowest BCUT2D eigenvalue weighted by molar-refractivity contribution is -0.123. The van der Waals surface area contributed by atoms with E-state index in [2.05, 4.69) is 47.9 Å². The van der Waals surface area contributed by atoms with Gasteiger partial charge in [0.1, 0.15) is 5.75 Å². The van der Waals surface area contributed by atoms with Crippen LogP contribution in [-0.4, -0.2) is 28.0 Å². The molecular weight excluding hydrogens is 498 g/mol. The molecule has 200 valence electrons. The highest BCUT2D eigenvalue weighted by Crippen LogP contribution is 2.31. The number of nitrogens with zero attached hydrogens (tertiary/aromatic N) is 3. The zero-order chi connectivity index (χ0) is 27.6.